The molecule has 0 unspecified atom stereocenters. The minimum atomic E-state index is -0.155. The third-order valence-corrected chi connectivity index (χ3v) is 5.53. The van der Waals surface area contributed by atoms with E-state index in [1.165, 1.54) is 0 Å². The normalized spacial score (nSPS) is 10.8. The lowest BCUT2D eigenvalue weighted by molar-refractivity contribution is 0.0951. The van der Waals surface area contributed by atoms with E-state index in [0.717, 1.165) is 34.5 Å². The monoisotopic (exact) mass is 479 g/mol. The molecule has 2 aromatic carbocycles. The van der Waals surface area contributed by atoms with Gasteiger partial charge in [-0.15, -0.1) is 0 Å². The fraction of sp³-hybridized carbons (Fsp3) is 0.143. The van der Waals surface area contributed by atoms with Gasteiger partial charge in [-0.2, -0.15) is 0 Å². The summed E-state index contributed by atoms with van der Waals surface area (Å²) in [5.41, 5.74) is 4.07. The van der Waals surface area contributed by atoms with E-state index in [9.17, 15) is 4.79 Å². The van der Waals surface area contributed by atoms with Gasteiger partial charge in [0.25, 0.3) is 5.91 Å². The fourth-order valence-electron chi connectivity index (χ4n) is 3.73. The first-order valence-corrected chi connectivity index (χ1v) is 11.7. The van der Waals surface area contributed by atoms with Crippen LogP contribution in [0.3, 0.4) is 0 Å². The number of imidazole rings is 1. The van der Waals surface area contributed by atoms with Crippen LogP contribution in [0.25, 0.3) is 16.7 Å². The summed E-state index contributed by atoms with van der Waals surface area (Å²) < 4.78 is 13.5. The number of rotatable bonds is 10. The first kappa shape index (κ1) is 23.0. The van der Waals surface area contributed by atoms with E-state index < -0.39 is 0 Å². The number of fused-ring (bicyclic) bond motifs is 1. The van der Waals surface area contributed by atoms with Crippen molar-refractivity contribution in [2.75, 3.05) is 13.2 Å². The molecule has 1 N–H and O–H groups in total. The highest BCUT2D eigenvalue weighted by atomic mass is 16.5. The maximum Gasteiger partial charge on any atom is 0.251 e. The number of benzene rings is 2. The van der Waals surface area contributed by atoms with Crippen LogP contribution < -0.4 is 14.8 Å². The quantitative estimate of drug-likeness (QED) is 0.295. The summed E-state index contributed by atoms with van der Waals surface area (Å²) in [4.78, 5) is 25.3. The minimum absolute atomic E-state index is 0.155. The molecule has 1 amide bonds. The molecule has 0 radical (unpaired) electrons. The second-order valence-corrected chi connectivity index (χ2v) is 8.08. The molecule has 5 aromatic rings. The summed E-state index contributed by atoms with van der Waals surface area (Å²) in [6.45, 7) is 1.47. The van der Waals surface area contributed by atoms with E-state index in [2.05, 4.69) is 20.3 Å². The Morgan fingerprint density at radius 1 is 0.889 bits per heavy atom. The Balaban J connectivity index is 1.20. The van der Waals surface area contributed by atoms with Crippen LogP contribution in [0.2, 0.25) is 0 Å². The molecule has 8 nitrogen and oxygen atoms in total. The van der Waals surface area contributed by atoms with E-state index in [1.807, 2.05) is 65.2 Å². The van der Waals surface area contributed by atoms with Gasteiger partial charge in [-0.1, -0.05) is 18.2 Å². The highest BCUT2D eigenvalue weighted by molar-refractivity contribution is 5.97. The molecule has 0 bridgehead atoms. The van der Waals surface area contributed by atoms with Crippen LogP contribution in [0.4, 0.5) is 0 Å². The molecule has 180 valence electrons. The van der Waals surface area contributed by atoms with E-state index in [-0.39, 0.29) is 5.91 Å². The highest BCUT2D eigenvalue weighted by Crippen LogP contribution is 2.23. The van der Waals surface area contributed by atoms with Crippen molar-refractivity contribution in [3.05, 3.63) is 109 Å². The van der Waals surface area contributed by atoms with Crippen molar-refractivity contribution >= 4 is 16.9 Å². The SMILES string of the molecule is O=C(NCc1cccnc1)c1ccc2c(c1)ncn2-c1cccc(OCCCOc2ccccn2)c1. The number of pyridine rings is 2. The molecule has 0 saturated carbocycles. The lowest BCUT2D eigenvalue weighted by Crippen LogP contribution is -2.22. The molecule has 36 heavy (non-hydrogen) atoms. The van der Waals surface area contributed by atoms with E-state index in [1.54, 1.807) is 37.1 Å². The molecule has 0 spiro atoms. The summed E-state index contributed by atoms with van der Waals surface area (Å²) in [6, 6.07) is 22.7. The van der Waals surface area contributed by atoms with Gasteiger partial charge < -0.3 is 14.8 Å². The Bertz CT molecular complexity index is 1440. The Hall–Kier alpha value is -4.72. The molecule has 3 aromatic heterocycles. The average Bonchev–Trinajstić information content (AvgIpc) is 3.36. The summed E-state index contributed by atoms with van der Waals surface area (Å²) >= 11 is 0. The van der Waals surface area contributed by atoms with Crippen molar-refractivity contribution in [2.24, 2.45) is 0 Å². The molecule has 0 fully saturated rings. The van der Waals surface area contributed by atoms with E-state index in [4.69, 9.17) is 9.47 Å². The summed E-state index contributed by atoms with van der Waals surface area (Å²) in [5, 5.41) is 2.92. The van der Waals surface area contributed by atoms with Crippen molar-refractivity contribution in [1.29, 1.82) is 0 Å². The first-order valence-electron chi connectivity index (χ1n) is 11.7. The standard InChI is InChI=1S/C28H25N5O3/c34-28(31-19-21-6-4-12-29-18-21)22-10-11-26-25(16-22)32-20-33(26)23-7-3-8-24(17-23)35-14-5-15-36-27-9-1-2-13-30-27/h1-4,6-13,16-18,20H,5,14-15,19H2,(H,31,34). The molecule has 0 atom stereocenters. The summed E-state index contributed by atoms with van der Waals surface area (Å²) in [5.74, 6) is 1.22. The topological polar surface area (TPSA) is 91.2 Å². The third kappa shape index (κ3) is 5.67. The Labute approximate surface area is 208 Å². The zero-order chi connectivity index (χ0) is 24.6. The maximum atomic E-state index is 12.6. The number of nitrogens with zero attached hydrogens (tertiary/aromatic N) is 4. The van der Waals surface area contributed by atoms with Gasteiger partial charge in [-0.25, -0.2) is 9.97 Å². The van der Waals surface area contributed by atoms with Gasteiger partial charge in [-0.3, -0.25) is 14.3 Å². The van der Waals surface area contributed by atoms with Crippen LogP contribution in [-0.4, -0.2) is 38.6 Å². The number of hydrogen-bond donors (Lipinski definition) is 1. The number of carbonyl (C=O) groups is 1. The van der Waals surface area contributed by atoms with Crippen LogP contribution in [-0.2, 0) is 6.54 Å². The molecular weight excluding hydrogens is 454 g/mol. The van der Waals surface area contributed by atoms with Gasteiger partial charge in [0.15, 0.2) is 0 Å². The Kier molecular flexibility index (Phi) is 7.13. The number of nitrogens with one attached hydrogen (secondary N) is 1. The Morgan fingerprint density at radius 2 is 1.83 bits per heavy atom. The molecule has 0 aliphatic rings. The molecule has 0 aliphatic heterocycles. The molecule has 0 saturated heterocycles. The van der Waals surface area contributed by atoms with Crippen molar-refractivity contribution in [3.8, 4) is 17.3 Å². The number of hydrogen-bond acceptors (Lipinski definition) is 6. The van der Waals surface area contributed by atoms with Crippen molar-refractivity contribution in [3.63, 3.8) is 0 Å². The van der Waals surface area contributed by atoms with Crippen LogP contribution in [0.5, 0.6) is 11.6 Å². The zero-order valence-corrected chi connectivity index (χ0v) is 19.6. The summed E-state index contributed by atoms with van der Waals surface area (Å²) in [6.07, 6.45) is 7.63. The van der Waals surface area contributed by atoms with Crippen LogP contribution in [0.1, 0.15) is 22.3 Å². The molecule has 8 heteroatoms. The molecule has 5 rings (SSSR count). The predicted molar refractivity (Wildman–Crippen MR) is 136 cm³/mol. The summed E-state index contributed by atoms with van der Waals surface area (Å²) in [7, 11) is 0. The lowest BCUT2D eigenvalue weighted by atomic mass is 10.1. The molecule has 3 heterocycles. The lowest BCUT2D eigenvalue weighted by Gasteiger charge is -2.10. The second-order valence-electron chi connectivity index (χ2n) is 8.08. The van der Waals surface area contributed by atoms with Gasteiger partial charge in [0.1, 0.15) is 12.1 Å². The zero-order valence-electron chi connectivity index (χ0n) is 19.6. The predicted octanol–water partition coefficient (Wildman–Crippen LogP) is 4.59. The van der Waals surface area contributed by atoms with E-state index >= 15 is 0 Å². The van der Waals surface area contributed by atoms with Crippen LogP contribution in [0, 0.1) is 0 Å². The van der Waals surface area contributed by atoms with Crippen molar-refractivity contribution in [2.45, 2.75) is 13.0 Å². The van der Waals surface area contributed by atoms with E-state index in [0.29, 0.717) is 31.2 Å². The molecular formula is C28H25N5O3. The van der Waals surface area contributed by atoms with Crippen molar-refractivity contribution in [1.82, 2.24) is 24.8 Å². The van der Waals surface area contributed by atoms with Gasteiger partial charge >= 0.3 is 0 Å². The number of ether oxygens (including phenoxy) is 2. The fourth-order valence-corrected chi connectivity index (χ4v) is 3.73. The first-order chi connectivity index (χ1) is 17.8. The van der Waals surface area contributed by atoms with Gasteiger partial charge in [0.05, 0.1) is 29.9 Å². The van der Waals surface area contributed by atoms with Crippen LogP contribution >= 0.6 is 0 Å². The van der Waals surface area contributed by atoms with Gasteiger partial charge in [0.2, 0.25) is 5.88 Å². The smallest absolute Gasteiger partial charge is 0.251 e. The minimum Gasteiger partial charge on any atom is -0.493 e. The van der Waals surface area contributed by atoms with Crippen LogP contribution in [0.15, 0.2) is 97.7 Å². The number of carbonyl (C=O) groups excluding carboxylic acids is 1. The van der Waals surface area contributed by atoms with Gasteiger partial charge in [-0.05, 0) is 48.0 Å². The maximum absolute atomic E-state index is 12.6. The number of aromatic nitrogens is 4. The second kappa shape index (κ2) is 11.1. The number of amides is 1. The molecule has 0 aliphatic carbocycles. The highest BCUT2D eigenvalue weighted by Gasteiger charge is 2.11. The third-order valence-electron chi connectivity index (χ3n) is 5.53. The Morgan fingerprint density at radius 3 is 2.69 bits per heavy atom. The van der Waals surface area contributed by atoms with Gasteiger partial charge in [0, 0.05) is 49.3 Å². The van der Waals surface area contributed by atoms with Crippen molar-refractivity contribution < 1.29 is 14.3 Å². The largest absolute Gasteiger partial charge is 0.493 e. The average molecular weight is 480 g/mol.